The lowest BCUT2D eigenvalue weighted by molar-refractivity contribution is -0.902. The van der Waals surface area contributed by atoms with Crippen LogP contribution in [-0.4, -0.2) is 49.1 Å². The minimum absolute atomic E-state index is 0.186. The molecule has 0 aliphatic heterocycles. The zero-order valence-electron chi connectivity index (χ0n) is 21.5. The Hall–Kier alpha value is -3.42. The van der Waals surface area contributed by atoms with Crippen molar-refractivity contribution in [3.63, 3.8) is 0 Å². The number of quaternary nitrogens is 1. The van der Waals surface area contributed by atoms with E-state index in [1.165, 1.54) is 17.7 Å². The van der Waals surface area contributed by atoms with Gasteiger partial charge in [-0.1, -0.05) is 54.1 Å². The predicted octanol–water partition coefficient (Wildman–Crippen LogP) is 6.05. The van der Waals surface area contributed by atoms with Gasteiger partial charge in [0, 0.05) is 22.2 Å². The summed E-state index contributed by atoms with van der Waals surface area (Å²) in [5.41, 5.74) is 2.50. The normalized spacial score (nSPS) is 11.2. The van der Waals surface area contributed by atoms with E-state index in [0.717, 1.165) is 37.8 Å². The van der Waals surface area contributed by atoms with E-state index in [4.69, 9.17) is 16.3 Å². The van der Waals surface area contributed by atoms with Crippen molar-refractivity contribution in [3.05, 3.63) is 105 Å². The molecule has 0 heterocycles. The predicted molar refractivity (Wildman–Crippen MR) is 147 cm³/mol. The molecule has 37 heavy (non-hydrogen) atoms. The van der Waals surface area contributed by atoms with E-state index in [9.17, 15) is 14.9 Å². The third-order valence-corrected chi connectivity index (χ3v) is 6.41. The van der Waals surface area contributed by atoms with Crippen molar-refractivity contribution in [1.29, 1.82) is 0 Å². The first-order valence-corrected chi connectivity index (χ1v) is 12.9. The third-order valence-electron chi connectivity index (χ3n) is 6.15. The van der Waals surface area contributed by atoms with Crippen molar-refractivity contribution in [2.45, 2.75) is 32.2 Å². The number of nitro benzene ring substituents is 1. The smallest absolute Gasteiger partial charge is 0.311 e. The van der Waals surface area contributed by atoms with Crippen LogP contribution in [-0.2, 0) is 13.0 Å². The minimum Gasteiger partial charge on any atom is -0.487 e. The summed E-state index contributed by atoms with van der Waals surface area (Å²) in [6, 6.07) is 22.4. The Morgan fingerprint density at radius 1 is 0.973 bits per heavy atom. The zero-order valence-corrected chi connectivity index (χ0v) is 22.2. The van der Waals surface area contributed by atoms with Crippen molar-refractivity contribution in [2.75, 3.05) is 33.8 Å². The fourth-order valence-electron chi connectivity index (χ4n) is 4.10. The number of amides is 1. The molecule has 0 saturated heterocycles. The highest BCUT2D eigenvalue weighted by atomic mass is 35.5. The lowest BCUT2D eigenvalue weighted by Crippen LogP contribution is -2.44. The molecule has 0 spiro atoms. The van der Waals surface area contributed by atoms with Crippen LogP contribution in [0.3, 0.4) is 0 Å². The van der Waals surface area contributed by atoms with Crippen molar-refractivity contribution in [2.24, 2.45) is 0 Å². The SMILES string of the molecule is C[N+](C)(CCNC(=O)c1ccc(OCCCCCc2ccccc2)c([N+](=O)[O-])c1)Cc1ccc(Cl)cc1. The number of ether oxygens (including phenoxy) is 1. The summed E-state index contributed by atoms with van der Waals surface area (Å²) in [7, 11) is 4.17. The highest BCUT2D eigenvalue weighted by molar-refractivity contribution is 6.30. The Bertz CT molecular complexity index is 1170. The third kappa shape index (κ3) is 9.52. The molecular formula is C29H35ClN3O4+. The monoisotopic (exact) mass is 524 g/mol. The number of aryl methyl sites for hydroxylation is 1. The molecule has 1 N–H and O–H groups in total. The molecule has 196 valence electrons. The van der Waals surface area contributed by atoms with Crippen LogP contribution in [0.1, 0.15) is 40.7 Å². The van der Waals surface area contributed by atoms with Crippen molar-refractivity contribution in [1.82, 2.24) is 5.32 Å². The summed E-state index contributed by atoms with van der Waals surface area (Å²) in [4.78, 5) is 23.8. The van der Waals surface area contributed by atoms with Crippen molar-refractivity contribution < 1.29 is 18.9 Å². The number of halogens is 1. The fraction of sp³-hybridized carbons (Fsp3) is 0.345. The van der Waals surface area contributed by atoms with Gasteiger partial charge in [-0.2, -0.15) is 0 Å². The van der Waals surface area contributed by atoms with E-state index < -0.39 is 4.92 Å². The Morgan fingerprint density at radius 2 is 1.70 bits per heavy atom. The lowest BCUT2D eigenvalue weighted by Gasteiger charge is -2.30. The molecule has 7 nitrogen and oxygen atoms in total. The van der Waals surface area contributed by atoms with Crippen LogP contribution < -0.4 is 10.1 Å². The molecule has 0 bridgehead atoms. The molecule has 0 unspecified atom stereocenters. The quantitative estimate of drug-likeness (QED) is 0.120. The standard InChI is InChI=1S/C29H34ClN3O4/c1-33(2,22-24-12-15-26(30)16-13-24)19-18-31-29(34)25-14-17-28(27(21-25)32(35)36)37-20-8-4-7-11-23-9-5-3-6-10-23/h3,5-6,9-10,12-17,21H,4,7-8,11,18-20,22H2,1-2H3/p+1. The maximum absolute atomic E-state index is 12.7. The van der Waals surface area contributed by atoms with Gasteiger partial charge < -0.3 is 14.5 Å². The Morgan fingerprint density at radius 3 is 2.41 bits per heavy atom. The molecule has 0 radical (unpaired) electrons. The van der Waals surface area contributed by atoms with Crippen molar-refractivity contribution in [3.8, 4) is 5.75 Å². The molecule has 3 aromatic rings. The number of carbonyl (C=O) groups excluding carboxylic acids is 1. The number of nitro groups is 1. The molecular weight excluding hydrogens is 490 g/mol. The molecule has 0 fully saturated rings. The van der Waals surface area contributed by atoms with Crippen LogP contribution in [0, 0.1) is 10.1 Å². The van der Waals surface area contributed by atoms with E-state index in [1.807, 2.05) is 42.5 Å². The second kappa shape index (κ2) is 13.8. The highest BCUT2D eigenvalue weighted by Gasteiger charge is 2.20. The number of carbonyl (C=O) groups is 1. The summed E-state index contributed by atoms with van der Waals surface area (Å²) in [6.07, 6.45) is 3.80. The molecule has 0 aromatic heterocycles. The number of hydrogen-bond donors (Lipinski definition) is 1. The van der Waals surface area contributed by atoms with Crippen LogP contribution in [0.25, 0.3) is 0 Å². The number of hydrogen-bond acceptors (Lipinski definition) is 4. The Balaban J connectivity index is 1.45. The molecule has 3 rings (SSSR count). The number of unbranched alkanes of at least 4 members (excludes halogenated alkanes) is 2. The van der Waals surface area contributed by atoms with E-state index >= 15 is 0 Å². The summed E-state index contributed by atoms with van der Waals surface area (Å²) < 4.78 is 6.36. The highest BCUT2D eigenvalue weighted by Crippen LogP contribution is 2.28. The largest absolute Gasteiger partial charge is 0.487 e. The first kappa shape index (κ1) is 28.2. The molecule has 1 amide bonds. The van der Waals surface area contributed by atoms with Crippen molar-refractivity contribution >= 4 is 23.2 Å². The van der Waals surface area contributed by atoms with Gasteiger partial charge >= 0.3 is 5.69 Å². The van der Waals surface area contributed by atoms with Gasteiger partial charge in [0.25, 0.3) is 5.91 Å². The van der Waals surface area contributed by atoms with Gasteiger partial charge in [-0.25, -0.2) is 0 Å². The van der Waals surface area contributed by atoms with E-state index in [1.54, 1.807) is 6.07 Å². The summed E-state index contributed by atoms with van der Waals surface area (Å²) >= 11 is 5.96. The van der Waals surface area contributed by atoms with Gasteiger partial charge in [0.05, 0.1) is 38.7 Å². The molecule has 8 heteroatoms. The molecule has 0 aliphatic rings. The number of nitrogens with one attached hydrogen (secondary N) is 1. The van der Waals surface area contributed by atoms with E-state index in [-0.39, 0.29) is 22.9 Å². The second-order valence-electron chi connectivity index (χ2n) is 9.78. The molecule has 0 saturated carbocycles. The molecule has 0 atom stereocenters. The fourth-order valence-corrected chi connectivity index (χ4v) is 4.22. The van der Waals surface area contributed by atoms with Crippen LogP contribution in [0.4, 0.5) is 5.69 Å². The van der Waals surface area contributed by atoms with Gasteiger partial charge in [0.15, 0.2) is 5.75 Å². The van der Waals surface area contributed by atoms with Gasteiger partial charge in [-0.3, -0.25) is 14.9 Å². The van der Waals surface area contributed by atoms with Crippen LogP contribution in [0.2, 0.25) is 5.02 Å². The maximum atomic E-state index is 12.7. The number of likely N-dealkylation sites (N-methyl/N-ethyl adjacent to an activating group) is 1. The maximum Gasteiger partial charge on any atom is 0.311 e. The summed E-state index contributed by atoms with van der Waals surface area (Å²) in [5.74, 6) is -0.160. The van der Waals surface area contributed by atoms with Crippen LogP contribution in [0.5, 0.6) is 5.75 Å². The first-order valence-electron chi connectivity index (χ1n) is 12.5. The van der Waals surface area contributed by atoms with E-state index in [0.29, 0.717) is 29.2 Å². The number of rotatable bonds is 14. The van der Waals surface area contributed by atoms with Crippen LogP contribution >= 0.6 is 11.6 Å². The summed E-state index contributed by atoms with van der Waals surface area (Å²) in [5, 5.41) is 15.2. The molecule has 3 aromatic carbocycles. The minimum atomic E-state index is -0.506. The van der Waals surface area contributed by atoms with Gasteiger partial charge in [-0.15, -0.1) is 0 Å². The van der Waals surface area contributed by atoms with Gasteiger partial charge in [0.2, 0.25) is 0 Å². The van der Waals surface area contributed by atoms with Crippen LogP contribution in [0.15, 0.2) is 72.8 Å². The average Bonchev–Trinajstić information content (AvgIpc) is 2.87. The molecule has 0 aliphatic carbocycles. The van der Waals surface area contributed by atoms with E-state index in [2.05, 4.69) is 31.5 Å². The number of nitrogens with zero attached hydrogens (tertiary/aromatic N) is 2. The van der Waals surface area contributed by atoms with Gasteiger partial charge in [-0.05, 0) is 55.5 Å². The summed E-state index contributed by atoms with van der Waals surface area (Å²) in [6.45, 7) is 2.31. The lowest BCUT2D eigenvalue weighted by atomic mass is 10.1. The first-order chi connectivity index (χ1) is 17.7. The Labute approximate surface area is 223 Å². The number of benzene rings is 3. The Kier molecular flexibility index (Phi) is 10.5. The topological polar surface area (TPSA) is 81.5 Å². The zero-order chi connectivity index (χ0) is 26.7. The average molecular weight is 525 g/mol. The second-order valence-corrected chi connectivity index (χ2v) is 10.2. The van der Waals surface area contributed by atoms with Gasteiger partial charge in [0.1, 0.15) is 6.54 Å².